The first-order valence-corrected chi connectivity index (χ1v) is 8.71. The zero-order chi connectivity index (χ0) is 14.7. The van der Waals surface area contributed by atoms with Crippen molar-refractivity contribution in [3.05, 3.63) is 30.3 Å². The molecule has 2 heterocycles. The maximum absolute atomic E-state index is 12.3. The lowest BCUT2D eigenvalue weighted by atomic mass is 10.2. The molecule has 1 atom stereocenters. The molecule has 2 aromatic rings. The van der Waals surface area contributed by atoms with E-state index in [0.717, 1.165) is 23.6 Å². The molecule has 0 saturated carbocycles. The summed E-state index contributed by atoms with van der Waals surface area (Å²) in [6, 6.07) is 9.93. The molecule has 110 valence electrons. The number of anilines is 1. The number of rotatable bonds is 2. The van der Waals surface area contributed by atoms with Crippen LogP contribution in [0.4, 0.5) is 9.93 Å². The minimum absolute atomic E-state index is 0.0847. The van der Waals surface area contributed by atoms with E-state index in [4.69, 9.17) is 0 Å². The second kappa shape index (κ2) is 6.44. The zero-order valence-electron chi connectivity index (χ0n) is 11.7. The van der Waals surface area contributed by atoms with Gasteiger partial charge in [-0.3, -0.25) is 5.32 Å². The Morgan fingerprint density at radius 3 is 2.95 bits per heavy atom. The summed E-state index contributed by atoms with van der Waals surface area (Å²) in [6.45, 7) is 2.85. The summed E-state index contributed by atoms with van der Waals surface area (Å²) >= 11 is 3.10. The normalized spacial score (nSPS) is 18.5. The van der Waals surface area contributed by atoms with Crippen molar-refractivity contribution in [2.75, 3.05) is 23.4 Å². The average molecular weight is 320 g/mol. The van der Waals surface area contributed by atoms with Gasteiger partial charge in [0.15, 0.2) is 5.82 Å². The van der Waals surface area contributed by atoms with Gasteiger partial charge < -0.3 is 4.90 Å². The van der Waals surface area contributed by atoms with Gasteiger partial charge in [-0.05, 0) is 6.92 Å². The molecule has 5 nitrogen and oxygen atoms in total. The Kier molecular flexibility index (Phi) is 4.40. The molecule has 21 heavy (non-hydrogen) atoms. The smallest absolute Gasteiger partial charge is 0.320 e. The fourth-order valence-corrected chi connectivity index (χ4v) is 3.76. The third-order valence-electron chi connectivity index (χ3n) is 3.30. The molecule has 1 aromatic heterocycles. The maximum atomic E-state index is 12.3. The van der Waals surface area contributed by atoms with Gasteiger partial charge in [0.2, 0.25) is 5.13 Å². The van der Waals surface area contributed by atoms with Crippen molar-refractivity contribution in [2.45, 2.75) is 13.0 Å². The first kappa shape index (κ1) is 14.3. The van der Waals surface area contributed by atoms with Crippen molar-refractivity contribution < 1.29 is 4.79 Å². The van der Waals surface area contributed by atoms with Crippen molar-refractivity contribution in [3.63, 3.8) is 0 Å². The monoisotopic (exact) mass is 320 g/mol. The molecular weight excluding hydrogens is 304 g/mol. The van der Waals surface area contributed by atoms with Crippen LogP contribution in [0.2, 0.25) is 0 Å². The quantitative estimate of drug-likeness (QED) is 0.923. The minimum Gasteiger partial charge on any atom is -0.320 e. The molecule has 1 aliphatic heterocycles. The molecule has 0 bridgehead atoms. The van der Waals surface area contributed by atoms with Gasteiger partial charge in [0.1, 0.15) is 0 Å². The molecule has 1 saturated heterocycles. The van der Waals surface area contributed by atoms with E-state index in [9.17, 15) is 4.79 Å². The summed E-state index contributed by atoms with van der Waals surface area (Å²) in [6.07, 6.45) is 0. The van der Waals surface area contributed by atoms with Gasteiger partial charge in [-0.2, -0.15) is 21.1 Å². The fourth-order valence-electron chi connectivity index (χ4n) is 2.17. The van der Waals surface area contributed by atoms with Crippen molar-refractivity contribution >= 4 is 34.5 Å². The highest BCUT2D eigenvalue weighted by Gasteiger charge is 2.24. The topological polar surface area (TPSA) is 58.1 Å². The molecule has 1 aromatic carbocycles. The predicted octanol–water partition coefficient (Wildman–Crippen LogP) is 3.17. The predicted molar refractivity (Wildman–Crippen MR) is 87.9 cm³/mol. The summed E-state index contributed by atoms with van der Waals surface area (Å²) in [4.78, 5) is 18.5. The lowest BCUT2D eigenvalue weighted by molar-refractivity contribution is 0.200. The van der Waals surface area contributed by atoms with Crippen molar-refractivity contribution in [1.29, 1.82) is 0 Å². The lowest BCUT2D eigenvalue weighted by Gasteiger charge is -2.32. The molecule has 0 aliphatic carbocycles. The lowest BCUT2D eigenvalue weighted by Crippen LogP contribution is -2.46. The highest BCUT2D eigenvalue weighted by molar-refractivity contribution is 7.99. The van der Waals surface area contributed by atoms with Gasteiger partial charge in [0.25, 0.3) is 0 Å². The molecule has 1 fully saturated rings. The SMILES string of the molecule is C[C@H]1CSCCN1C(=O)Nc1nc(-c2ccccc2)ns1. The first-order chi connectivity index (χ1) is 10.2. The molecule has 0 spiro atoms. The number of nitrogens with one attached hydrogen (secondary N) is 1. The van der Waals surface area contributed by atoms with Crippen LogP contribution >= 0.6 is 23.3 Å². The number of carbonyl (C=O) groups is 1. The van der Waals surface area contributed by atoms with Gasteiger partial charge in [-0.1, -0.05) is 30.3 Å². The van der Waals surface area contributed by atoms with Crippen LogP contribution in [0, 0.1) is 0 Å². The number of amides is 2. The van der Waals surface area contributed by atoms with Gasteiger partial charge >= 0.3 is 6.03 Å². The Morgan fingerprint density at radius 2 is 2.19 bits per heavy atom. The average Bonchev–Trinajstić information content (AvgIpc) is 2.97. The minimum atomic E-state index is -0.0847. The van der Waals surface area contributed by atoms with Crippen LogP contribution in [0.1, 0.15) is 6.92 Å². The van der Waals surface area contributed by atoms with Crippen LogP contribution in [-0.2, 0) is 0 Å². The van der Waals surface area contributed by atoms with Crippen LogP contribution in [0.5, 0.6) is 0 Å². The Hall–Kier alpha value is -1.60. The van der Waals surface area contributed by atoms with Crippen molar-refractivity contribution in [1.82, 2.24) is 14.3 Å². The number of urea groups is 1. The van der Waals surface area contributed by atoms with Crippen LogP contribution < -0.4 is 5.32 Å². The van der Waals surface area contributed by atoms with Crippen molar-refractivity contribution in [2.24, 2.45) is 0 Å². The number of thioether (sulfide) groups is 1. The Morgan fingerprint density at radius 1 is 1.38 bits per heavy atom. The highest BCUT2D eigenvalue weighted by atomic mass is 32.2. The number of benzene rings is 1. The summed E-state index contributed by atoms with van der Waals surface area (Å²) in [5, 5.41) is 3.40. The summed E-state index contributed by atoms with van der Waals surface area (Å²) in [7, 11) is 0. The van der Waals surface area contributed by atoms with Crippen molar-refractivity contribution in [3.8, 4) is 11.4 Å². The van der Waals surface area contributed by atoms with E-state index < -0.39 is 0 Å². The standard InChI is InChI=1S/C14H16N4OS2/c1-10-9-20-8-7-18(10)14(19)16-13-15-12(17-21-13)11-5-3-2-4-6-11/h2-6,10H,7-9H2,1H3,(H,15,16,17,19)/t10-/m0/s1. The largest absolute Gasteiger partial charge is 0.323 e. The maximum Gasteiger partial charge on any atom is 0.323 e. The molecule has 1 N–H and O–H groups in total. The molecule has 0 unspecified atom stereocenters. The molecule has 1 aliphatic rings. The summed E-state index contributed by atoms with van der Waals surface area (Å²) in [5.74, 6) is 2.63. The van der Waals surface area contributed by atoms with Crippen LogP contribution in [-0.4, -0.2) is 44.4 Å². The van der Waals surface area contributed by atoms with Gasteiger partial charge in [-0.15, -0.1) is 0 Å². The Labute approximate surface area is 131 Å². The van der Waals surface area contributed by atoms with Gasteiger partial charge in [-0.25, -0.2) is 4.79 Å². The van der Waals surface area contributed by atoms with E-state index in [-0.39, 0.29) is 12.1 Å². The number of nitrogens with zero attached hydrogens (tertiary/aromatic N) is 3. The third kappa shape index (κ3) is 3.36. The summed E-state index contributed by atoms with van der Waals surface area (Å²) < 4.78 is 4.30. The molecule has 7 heteroatoms. The van der Waals surface area contributed by atoms with Crippen LogP contribution in [0.15, 0.2) is 30.3 Å². The number of aromatic nitrogens is 2. The first-order valence-electron chi connectivity index (χ1n) is 6.78. The molecule has 2 amide bonds. The van der Waals surface area contributed by atoms with E-state index in [1.165, 1.54) is 11.5 Å². The zero-order valence-corrected chi connectivity index (χ0v) is 13.3. The number of hydrogen-bond donors (Lipinski definition) is 1. The van der Waals surface area contributed by atoms with E-state index in [0.29, 0.717) is 11.0 Å². The van der Waals surface area contributed by atoms with E-state index in [2.05, 4.69) is 21.6 Å². The second-order valence-electron chi connectivity index (χ2n) is 4.84. The highest BCUT2D eigenvalue weighted by Crippen LogP contribution is 2.22. The number of carbonyl (C=O) groups excluding carboxylic acids is 1. The van der Waals surface area contributed by atoms with E-state index in [1.54, 1.807) is 0 Å². The molecular formula is C14H16N4OS2. The Bertz CT molecular complexity index is 616. The fraction of sp³-hybridized carbons (Fsp3) is 0.357. The number of hydrogen-bond acceptors (Lipinski definition) is 5. The van der Waals surface area contributed by atoms with Crippen LogP contribution in [0.25, 0.3) is 11.4 Å². The summed E-state index contributed by atoms with van der Waals surface area (Å²) in [5.41, 5.74) is 0.956. The van der Waals surface area contributed by atoms with E-state index >= 15 is 0 Å². The molecule has 3 rings (SSSR count). The Balaban J connectivity index is 1.68. The van der Waals surface area contributed by atoms with Gasteiger partial charge in [0, 0.05) is 41.2 Å². The van der Waals surface area contributed by atoms with E-state index in [1.807, 2.05) is 47.0 Å². The third-order valence-corrected chi connectivity index (χ3v) is 5.12. The van der Waals surface area contributed by atoms with Gasteiger partial charge in [0.05, 0.1) is 0 Å². The molecule has 0 radical (unpaired) electrons. The second-order valence-corrected chi connectivity index (χ2v) is 6.74. The van der Waals surface area contributed by atoms with Crippen LogP contribution in [0.3, 0.4) is 0 Å².